The Labute approximate surface area is 584 Å². The maximum atomic E-state index is 12.6. The zero-order valence-electron chi connectivity index (χ0n) is 53.7. The first-order valence-corrected chi connectivity index (χ1v) is 33.9. The van der Waals surface area contributed by atoms with Gasteiger partial charge in [-0.25, -0.2) is 19.6 Å². The molecule has 2 heterocycles. The summed E-state index contributed by atoms with van der Waals surface area (Å²) in [5, 5.41) is 51.0. The molecule has 0 atom stereocenters. The maximum Gasteiger partial charge on any atom is 0.412 e. The van der Waals surface area contributed by atoms with Gasteiger partial charge in [0.2, 0.25) is 0 Å². The fourth-order valence-corrected chi connectivity index (χ4v) is 12.8. The van der Waals surface area contributed by atoms with Crippen LogP contribution in [-0.4, -0.2) is 53.6 Å². The van der Waals surface area contributed by atoms with Gasteiger partial charge in [-0.2, -0.15) is 15.8 Å². The van der Waals surface area contributed by atoms with Crippen molar-refractivity contribution in [2.75, 3.05) is 5.32 Å². The van der Waals surface area contributed by atoms with Crippen molar-refractivity contribution < 1.29 is 29.3 Å². The maximum absolute atomic E-state index is 12.6. The van der Waals surface area contributed by atoms with Crippen LogP contribution in [0, 0.1) is 34.0 Å². The number of Topliss-reactive ketones (excluding diaryl/α,β-unsaturated/α-hetero) is 1. The number of ketones is 1. The van der Waals surface area contributed by atoms with Crippen molar-refractivity contribution in [2.24, 2.45) is 0 Å². The number of allylic oxidation sites excluding steroid dienone is 4. The van der Waals surface area contributed by atoms with E-state index in [9.17, 15) is 44.9 Å². The quantitative estimate of drug-likeness (QED) is 0.0419. The molecule has 12 rings (SSSR count). The second kappa shape index (κ2) is 33.1. The van der Waals surface area contributed by atoms with Gasteiger partial charge in [0.1, 0.15) is 46.3 Å². The number of ether oxygens (including phenoxy) is 1. The molecule has 0 saturated carbocycles. The molecular formula is C80H62N8O8S3. The Balaban J connectivity index is 0.000000162. The van der Waals surface area contributed by atoms with E-state index in [0.717, 1.165) is 60.5 Å². The lowest BCUT2D eigenvalue weighted by Crippen LogP contribution is -2.27. The van der Waals surface area contributed by atoms with Crippen LogP contribution in [0.25, 0.3) is 61.5 Å². The smallest absolute Gasteiger partial charge is 0.412 e. The van der Waals surface area contributed by atoms with Crippen LogP contribution in [0.3, 0.4) is 0 Å². The average molecular weight is 1360 g/mol. The van der Waals surface area contributed by atoms with Crippen LogP contribution in [0.4, 0.5) is 10.5 Å². The number of carboxylic acid groups (broad SMARTS) is 1. The number of aromatic hydroxyl groups is 1. The van der Waals surface area contributed by atoms with Crippen LogP contribution in [0.15, 0.2) is 273 Å². The molecule has 0 aliphatic heterocycles. The Morgan fingerprint density at radius 3 is 1.40 bits per heavy atom. The fourth-order valence-electron chi connectivity index (χ4n) is 10.2. The first kappa shape index (κ1) is 69.8. The molecule has 0 unspecified atom stereocenters. The highest BCUT2D eigenvalue weighted by Gasteiger charge is 2.24. The lowest BCUT2D eigenvalue weighted by molar-refractivity contribution is -0.114. The van der Waals surface area contributed by atoms with Crippen molar-refractivity contribution in [1.82, 2.24) is 19.9 Å². The molecule has 0 radical (unpaired) electrons. The number of aromatic nitrogens is 4. The monoisotopic (exact) mass is 1360 g/mol. The van der Waals surface area contributed by atoms with Crippen molar-refractivity contribution in [3.8, 4) is 79.9 Å². The molecular weight excluding hydrogens is 1300 g/mol. The second-order valence-electron chi connectivity index (χ2n) is 23.2. The molecule has 5 N–H and O–H groups in total. The number of amides is 1. The molecule has 11 aromatic rings. The largest absolute Gasteiger partial charge is 0.508 e. The SMILES string of the molecule is CC(C)(C)OC(=O)Nc1cccc(-c2ccc(-c3nc(SCc4ccccc4)[nH]c(=O)c3C#N)cc2)c1.N#CC1=C(c2ccc(-c3ccccc3)cc2)C=C(SCc2ccc(C(=O)O)cc2)CC1=O.N#Cc1c(-c2ccc(-c3cccc(O)c3)cc2)nc(SCc2ccccc2)[nH]c1=O. The Morgan fingerprint density at radius 1 is 0.505 bits per heavy atom. The number of aromatic carboxylic acids is 1. The minimum Gasteiger partial charge on any atom is -0.508 e. The topological polar surface area (TPSA) is 276 Å². The highest BCUT2D eigenvalue weighted by atomic mass is 32.2. The van der Waals surface area contributed by atoms with Gasteiger partial charge in [0.05, 0.1) is 17.0 Å². The molecule has 99 heavy (non-hydrogen) atoms. The number of aromatic amines is 2. The molecule has 1 aliphatic carbocycles. The number of carbonyl (C=O) groups is 3. The first-order chi connectivity index (χ1) is 47.9. The number of carboxylic acids is 1. The third-order valence-corrected chi connectivity index (χ3v) is 18.0. The van der Waals surface area contributed by atoms with Crippen LogP contribution < -0.4 is 16.4 Å². The van der Waals surface area contributed by atoms with Crippen LogP contribution in [-0.2, 0) is 26.8 Å². The molecule has 2 aromatic heterocycles. The molecule has 16 nitrogen and oxygen atoms in total. The van der Waals surface area contributed by atoms with Gasteiger partial charge in [0.15, 0.2) is 16.1 Å². The lowest BCUT2D eigenvalue weighted by atomic mass is 9.91. The molecule has 1 aliphatic rings. The molecule has 0 bridgehead atoms. The minimum atomic E-state index is -0.957. The highest BCUT2D eigenvalue weighted by molar-refractivity contribution is 8.02. The number of carbonyl (C=O) groups excluding carboxylic acids is 2. The third kappa shape index (κ3) is 19.1. The molecule has 0 spiro atoms. The number of thioether (sulfide) groups is 3. The summed E-state index contributed by atoms with van der Waals surface area (Å²) in [6, 6.07) is 79.7. The highest BCUT2D eigenvalue weighted by Crippen LogP contribution is 2.37. The van der Waals surface area contributed by atoms with Gasteiger partial charge in [-0.05, 0) is 124 Å². The number of phenolic OH excluding ortho intramolecular Hbond substituents is 1. The number of rotatable bonds is 17. The molecule has 488 valence electrons. The summed E-state index contributed by atoms with van der Waals surface area (Å²) in [7, 11) is 0. The van der Waals surface area contributed by atoms with Crippen LogP contribution >= 0.6 is 35.3 Å². The summed E-state index contributed by atoms with van der Waals surface area (Å²) in [6.07, 6.45) is 1.60. The number of nitrogens with zero attached hydrogens (tertiary/aromatic N) is 5. The predicted octanol–water partition coefficient (Wildman–Crippen LogP) is 17.7. The molecule has 9 aromatic carbocycles. The van der Waals surface area contributed by atoms with Gasteiger partial charge in [0.25, 0.3) is 11.1 Å². The van der Waals surface area contributed by atoms with E-state index in [1.807, 2.05) is 227 Å². The summed E-state index contributed by atoms with van der Waals surface area (Å²) >= 11 is 4.35. The van der Waals surface area contributed by atoms with Crippen molar-refractivity contribution in [1.29, 1.82) is 15.8 Å². The normalized spacial score (nSPS) is 11.6. The number of phenols is 1. The zero-order valence-corrected chi connectivity index (χ0v) is 56.2. The molecule has 0 fully saturated rings. The van der Waals surface area contributed by atoms with Crippen molar-refractivity contribution in [3.63, 3.8) is 0 Å². The number of hydrogen-bond acceptors (Lipinski definition) is 15. The lowest BCUT2D eigenvalue weighted by Gasteiger charge is -2.19. The average Bonchev–Trinajstić information content (AvgIpc) is 0.819. The van der Waals surface area contributed by atoms with E-state index in [4.69, 9.17) is 9.84 Å². The molecule has 1 amide bonds. The van der Waals surface area contributed by atoms with Crippen LogP contribution in [0.2, 0.25) is 0 Å². The molecule has 19 heteroatoms. The number of nitriles is 3. The zero-order chi connectivity index (χ0) is 69.8. The predicted molar refractivity (Wildman–Crippen MR) is 391 cm³/mol. The summed E-state index contributed by atoms with van der Waals surface area (Å²) in [6.45, 7) is 5.42. The summed E-state index contributed by atoms with van der Waals surface area (Å²) < 4.78 is 5.32. The van der Waals surface area contributed by atoms with Gasteiger partial charge in [0, 0.05) is 46.1 Å². The van der Waals surface area contributed by atoms with Gasteiger partial charge in [-0.15, -0.1) is 11.8 Å². The first-order valence-electron chi connectivity index (χ1n) is 30.9. The van der Waals surface area contributed by atoms with E-state index in [1.54, 1.807) is 48.5 Å². The Hall–Kier alpha value is -12.1. The number of benzene rings is 9. The Kier molecular flexibility index (Phi) is 23.3. The van der Waals surface area contributed by atoms with E-state index in [0.29, 0.717) is 61.3 Å². The second-order valence-corrected chi connectivity index (χ2v) is 26.2. The number of H-pyrrole nitrogens is 2. The van der Waals surface area contributed by atoms with E-state index in [-0.39, 0.29) is 40.2 Å². The van der Waals surface area contributed by atoms with Gasteiger partial charge >= 0.3 is 12.1 Å². The molecule has 0 saturated heterocycles. The Morgan fingerprint density at radius 2 is 0.929 bits per heavy atom. The van der Waals surface area contributed by atoms with E-state index in [2.05, 4.69) is 31.3 Å². The summed E-state index contributed by atoms with van der Waals surface area (Å²) in [5.74, 6) is 0.969. The van der Waals surface area contributed by atoms with Crippen molar-refractivity contribution in [2.45, 2.75) is 60.4 Å². The summed E-state index contributed by atoms with van der Waals surface area (Å²) in [5.41, 5.74) is 12.0. The number of anilines is 1. The van der Waals surface area contributed by atoms with Crippen LogP contribution in [0.1, 0.15) is 70.9 Å². The number of nitrogens with one attached hydrogen (secondary N) is 3. The minimum absolute atomic E-state index is 0.0100. The van der Waals surface area contributed by atoms with E-state index >= 15 is 0 Å². The van der Waals surface area contributed by atoms with Gasteiger partial charge in [-0.1, -0.05) is 224 Å². The summed E-state index contributed by atoms with van der Waals surface area (Å²) in [4.78, 5) is 76.2. The van der Waals surface area contributed by atoms with Crippen molar-refractivity contribution in [3.05, 3.63) is 313 Å². The van der Waals surface area contributed by atoms with Gasteiger partial charge in [-0.3, -0.25) is 19.7 Å². The third-order valence-electron chi connectivity index (χ3n) is 15.0. The van der Waals surface area contributed by atoms with Gasteiger partial charge < -0.3 is 24.9 Å². The fraction of sp³-hybridized carbons (Fsp3) is 0.100. The van der Waals surface area contributed by atoms with Crippen LogP contribution in [0.5, 0.6) is 5.75 Å². The van der Waals surface area contributed by atoms with E-state index < -0.39 is 28.8 Å². The van der Waals surface area contributed by atoms with E-state index in [1.165, 1.54) is 35.3 Å². The standard InChI is InChI=1S/C29H26N4O3S.C27H19NO3S.C24H17N3O2S/c1-29(2,3)36-28(35)31-23-11-7-10-22(16-23)20-12-14-21(15-13-20)25-24(17-30)26(34)33-27(32-25)37-18-19-8-5-4-6-9-19;28-16-25-24(21-12-10-20(11-13-21)19-4-2-1-3-5-19)14-23(15-26(25)29)32-17-18-6-8-22(9-7-18)27(30)31;25-14-21-22(18-11-9-17(10-12-18)19-7-4-8-20(28)13-19)26-24(27-23(21)29)30-15-16-5-2-1-3-6-16/h4-16H,18H2,1-3H3,(H,31,35)(H,32,33,34);1-14H,15,17H2,(H,30,31);1-13,28H,15H2,(H,26,27,29). The van der Waals surface area contributed by atoms with Crippen molar-refractivity contribution >= 4 is 64.4 Å². The Bertz CT molecular complexity index is 5060. The number of hydrogen-bond donors (Lipinski definition) is 5.